The largest absolute Gasteiger partial charge is 0.449 e. The summed E-state index contributed by atoms with van der Waals surface area (Å²) in [6, 6.07) is 14.6. The lowest BCUT2D eigenvalue weighted by atomic mass is 10.1. The third-order valence-corrected chi connectivity index (χ3v) is 4.13. The molecule has 3 rings (SSSR count). The number of esters is 1. The zero-order valence-corrected chi connectivity index (χ0v) is 15.3. The molecule has 0 fully saturated rings. The highest BCUT2D eigenvalue weighted by Crippen LogP contribution is 2.09. The van der Waals surface area contributed by atoms with E-state index >= 15 is 0 Å². The van der Waals surface area contributed by atoms with Crippen LogP contribution in [0.25, 0.3) is 0 Å². The summed E-state index contributed by atoms with van der Waals surface area (Å²) in [6.45, 7) is 2.33. The van der Waals surface area contributed by atoms with Gasteiger partial charge in [-0.2, -0.15) is 5.10 Å². The second-order valence-corrected chi connectivity index (χ2v) is 6.29. The summed E-state index contributed by atoms with van der Waals surface area (Å²) in [6.07, 6.45) is 2.61. The van der Waals surface area contributed by atoms with E-state index in [2.05, 4.69) is 10.4 Å². The van der Waals surface area contributed by atoms with Gasteiger partial charge in [0, 0.05) is 18.9 Å². The fourth-order valence-electron chi connectivity index (χ4n) is 2.54. The van der Waals surface area contributed by atoms with Crippen LogP contribution in [-0.2, 0) is 22.6 Å². The van der Waals surface area contributed by atoms with Gasteiger partial charge in [0.1, 0.15) is 5.82 Å². The molecule has 0 aliphatic rings. The van der Waals surface area contributed by atoms with Gasteiger partial charge < -0.3 is 10.1 Å². The summed E-state index contributed by atoms with van der Waals surface area (Å²) in [5.41, 5.74) is 2.11. The van der Waals surface area contributed by atoms with Crippen molar-refractivity contribution in [3.8, 4) is 0 Å². The number of halogens is 1. The highest BCUT2D eigenvalue weighted by Gasteiger charge is 2.18. The summed E-state index contributed by atoms with van der Waals surface area (Å²) in [7, 11) is 0. The normalized spacial score (nSPS) is 11.6. The first-order valence-corrected chi connectivity index (χ1v) is 8.81. The molecule has 0 bridgehead atoms. The van der Waals surface area contributed by atoms with Gasteiger partial charge in [-0.25, -0.2) is 9.18 Å². The summed E-state index contributed by atoms with van der Waals surface area (Å²) in [4.78, 5) is 24.3. The summed E-state index contributed by atoms with van der Waals surface area (Å²) in [5, 5.41) is 6.79. The molecule has 6 nitrogen and oxygen atoms in total. The van der Waals surface area contributed by atoms with Gasteiger partial charge in [-0.3, -0.25) is 9.48 Å². The molecule has 1 unspecified atom stereocenters. The summed E-state index contributed by atoms with van der Waals surface area (Å²) in [5.74, 6) is -1.34. The van der Waals surface area contributed by atoms with Gasteiger partial charge in [-0.05, 0) is 48.4 Å². The van der Waals surface area contributed by atoms with Gasteiger partial charge in [0.15, 0.2) is 6.10 Å². The van der Waals surface area contributed by atoms with Crippen LogP contribution in [0.1, 0.15) is 28.4 Å². The highest BCUT2D eigenvalue weighted by molar-refractivity contribution is 5.92. The van der Waals surface area contributed by atoms with Crippen LogP contribution >= 0.6 is 0 Å². The second kappa shape index (κ2) is 8.94. The predicted octanol–water partition coefficient (Wildman–Crippen LogP) is 2.93. The van der Waals surface area contributed by atoms with Crippen LogP contribution in [0.3, 0.4) is 0 Å². The third-order valence-electron chi connectivity index (χ3n) is 4.13. The third kappa shape index (κ3) is 5.26. The zero-order chi connectivity index (χ0) is 19.9. The van der Waals surface area contributed by atoms with E-state index in [9.17, 15) is 14.0 Å². The number of amides is 1. The first kappa shape index (κ1) is 19.3. The van der Waals surface area contributed by atoms with E-state index in [4.69, 9.17) is 4.74 Å². The van der Waals surface area contributed by atoms with E-state index < -0.39 is 18.0 Å². The zero-order valence-electron chi connectivity index (χ0n) is 15.3. The molecular formula is C21H20FN3O3. The number of rotatable bonds is 7. The number of benzene rings is 2. The summed E-state index contributed by atoms with van der Waals surface area (Å²) < 4.78 is 19.9. The van der Waals surface area contributed by atoms with E-state index in [0.717, 1.165) is 11.1 Å². The number of hydrogen-bond donors (Lipinski definition) is 1. The van der Waals surface area contributed by atoms with Crippen molar-refractivity contribution in [2.24, 2.45) is 0 Å². The molecule has 3 aromatic rings. The van der Waals surface area contributed by atoms with Crippen LogP contribution in [0.5, 0.6) is 0 Å². The average molecular weight is 381 g/mol. The summed E-state index contributed by atoms with van der Waals surface area (Å²) >= 11 is 0. The molecule has 0 aliphatic heterocycles. The minimum atomic E-state index is -0.948. The van der Waals surface area contributed by atoms with Gasteiger partial charge in [0.05, 0.1) is 12.1 Å². The minimum absolute atomic E-state index is 0.225. The van der Waals surface area contributed by atoms with Gasteiger partial charge >= 0.3 is 5.97 Å². The number of nitrogens with one attached hydrogen (secondary N) is 1. The SMILES string of the molecule is CC(OC(=O)c1ccc(Cn2cccn2)cc1)C(=O)NCc1ccc(F)cc1. The molecule has 1 atom stereocenters. The molecule has 1 N–H and O–H groups in total. The topological polar surface area (TPSA) is 73.2 Å². The minimum Gasteiger partial charge on any atom is -0.449 e. The lowest BCUT2D eigenvalue weighted by Crippen LogP contribution is -2.35. The number of hydrogen-bond acceptors (Lipinski definition) is 4. The standard InChI is InChI=1S/C21H20FN3O3/c1-15(20(26)23-13-16-5-9-19(22)10-6-16)28-21(27)18-7-3-17(4-8-18)14-25-12-2-11-24-25/h2-12,15H,13-14H2,1H3,(H,23,26). The monoisotopic (exact) mass is 381 g/mol. The van der Waals surface area contributed by atoms with Crippen molar-refractivity contribution in [3.63, 3.8) is 0 Å². The van der Waals surface area contributed by atoms with E-state index in [1.165, 1.54) is 19.1 Å². The molecule has 0 saturated carbocycles. The Hall–Kier alpha value is -3.48. The fraction of sp³-hybridized carbons (Fsp3) is 0.190. The Morgan fingerprint density at radius 2 is 1.79 bits per heavy atom. The number of carbonyl (C=O) groups is 2. The fourth-order valence-corrected chi connectivity index (χ4v) is 2.54. The molecule has 7 heteroatoms. The van der Waals surface area contributed by atoms with Crippen LogP contribution in [0, 0.1) is 5.82 Å². The molecule has 1 amide bonds. The maximum absolute atomic E-state index is 12.9. The molecule has 0 saturated heterocycles. The molecule has 1 heterocycles. The number of nitrogens with zero attached hydrogens (tertiary/aromatic N) is 2. The Morgan fingerprint density at radius 3 is 2.43 bits per heavy atom. The molecule has 1 aromatic heterocycles. The van der Waals surface area contributed by atoms with Gasteiger partial charge in [-0.15, -0.1) is 0 Å². The molecule has 28 heavy (non-hydrogen) atoms. The van der Waals surface area contributed by atoms with Crippen molar-refractivity contribution in [1.29, 1.82) is 0 Å². The van der Waals surface area contributed by atoms with Crippen LogP contribution < -0.4 is 5.32 Å². The van der Waals surface area contributed by atoms with Gasteiger partial charge in [-0.1, -0.05) is 24.3 Å². The van der Waals surface area contributed by atoms with Crippen molar-refractivity contribution in [1.82, 2.24) is 15.1 Å². The maximum Gasteiger partial charge on any atom is 0.338 e. The highest BCUT2D eigenvalue weighted by atomic mass is 19.1. The second-order valence-electron chi connectivity index (χ2n) is 6.29. The van der Waals surface area contributed by atoms with Crippen molar-refractivity contribution >= 4 is 11.9 Å². The van der Waals surface area contributed by atoms with E-state index in [1.54, 1.807) is 35.1 Å². The maximum atomic E-state index is 12.9. The lowest BCUT2D eigenvalue weighted by molar-refractivity contribution is -0.129. The van der Waals surface area contributed by atoms with Crippen LogP contribution in [0.4, 0.5) is 4.39 Å². The molecule has 0 spiro atoms. The Kier molecular flexibility index (Phi) is 6.16. The molecule has 0 aliphatic carbocycles. The first-order chi connectivity index (χ1) is 13.5. The lowest BCUT2D eigenvalue weighted by Gasteiger charge is -2.14. The van der Waals surface area contributed by atoms with Crippen molar-refractivity contribution in [2.75, 3.05) is 0 Å². The van der Waals surface area contributed by atoms with Crippen molar-refractivity contribution in [2.45, 2.75) is 26.1 Å². The van der Waals surface area contributed by atoms with E-state index in [1.807, 2.05) is 24.4 Å². The molecular weight excluding hydrogens is 361 g/mol. The average Bonchev–Trinajstić information content (AvgIpc) is 3.20. The van der Waals surface area contributed by atoms with Gasteiger partial charge in [0.25, 0.3) is 5.91 Å². The number of ether oxygens (including phenoxy) is 1. The Labute approximate surface area is 161 Å². The molecule has 144 valence electrons. The predicted molar refractivity (Wildman–Crippen MR) is 101 cm³/mol. The Bertz CT molecular complexity index is 923. The van der Waals surface area contributed by atoms with Crippen LogP contribution in [0.15, 0.2) is 67.0 Å². The van der Waals surface area contributed by atoms with Gasteiger partial charge in [0.2, 0.25) is 0 Å². The Balaban J connectivity index is 1.50. The Morgan fingerprint density at radius 1 is 1.11 bits per heavy atom. The smallest absolute Gasteiger partial charge is 0.338 e. The first-order valence-electron chi connectivity index (χ1n) is 8.81. The van der Waals surface area contributed by atoms with Crippen molar-refractivity contribution in [3.05, 3.63) is 89.5 Å². The van der Waals surface area contributed by atoms with Crippen LogP contribution in [-0.4, -0.2) is 27.8 Å². The van der Waals surface area contributed by atoms with E-state index in [-0.39, 0.29) is 12.4 Å². The van der Waals surface area contributed by atoms with Crippen LogP contribution in [0.2, 0.25) is 0 Å². The van der Waals surface area contributed by atoms with E-state index in [0.29, 0.717) is 12.1 Å². The molecule has 2 aromatic carbocycles. The number of aromatic nitrogens is 2. The molecule has 0 radical (unpaired) electrons. The van der Waals surface area contributed by atoms with Crippen molar-refractivity contribution < 1.29 is 18.7 Å². The number of carbonyl (C=O) groups excluding carboxylic acids is 2. The quantitative estimate of drug-likeness (QED) is 0.639.